The highest BCUT2D eigenvalue weighted by molar-refractivity contribution is 5.99. The van der Waals surface area contributed by atoms with E-state index >= 15 is 0 Å². The number of amides is 8. The molecule has 8 amide bonds. The lowest BCUT2D eigenvalue weighted by atomic mass is 9.96. The van der Waals surface area contributed by atoms with Crippen molar-refractivity contribution in [1.82, 2.24) is 47.1 Å². The first-order valence-electron chi connectivity index (χ1n) is 21.5. The van der Waals surface area contributed by atoms with E-state index < -0.39 is 108 Å². The Morgan fingerprint density at radius 2 is 1.47 bits per heavy atom. The summed E-state index contributed by atoms with van der Waals surface area (Å²) < 4.78 is 0. The number of aromatic amines is 1. The molecule has 2 aliphatic heterocycles. The van der Waals surface area contributed by atoms with E-state index in [1.54, 1.807) is 32.0 Å². The molecule has 9 atom stereocenters. The molecule has 1 saturated heterocycles. The van der Waals surface area contributed by atoms with Gasteiger partial charge in [-0.2, -0.15) is 0 Å². The monoisotopic (exact) mass is 887 g/mol. The molecular formula is C43H61N13O8. The molecule has 3 aliphatic rings. The van der Waals surface area contributed by atoms with Crippen molar-refractivity contribution in [2.45, 2.75) is 109 Å². The van der Waals surface area contributed by atoms with Crippen LogP contribution in [0, 0.1) is 17.8 Å². The molecule has 21 nitrogen and oxygen atoms in total. The second-order valence-electron chi connectivity index (χ2n) is 16.7. The number of nitrogens with zero attached hydrogens (tertiary/aromatic N) is 2. The van der Waals surface area contributed by atoms with Crippen LogP contribution in [0.15, 0.2) is 66.3 Å². The van der Waals surface area contributed by atoms with E-state index in [4.69, 9.17) is 22.9 Å². The van der Waals surface area contributed by atoms with Gasteiger partial charge in [-0.15, -0.1) is 5.53 Å². The lowest BCUT2D eigenvalue weighted by molar-refractivity contribution is -0.143. The van der Waals surface area contributed by atoms with Gasteiger partial charge in [-0.05, 0) is 36.0 Å². The number of allylic oxidation sites excluding steroid dienone is 3. The van der Waals surface area contributed by atoms with Gasteiger partial charge in [-0.3, -0.25) is 43.4 Å². The Hall–Kier alpha value is -6.74. The Morgan fingerprint density at radius 3 is 2.08 bits per heavy atom. The average molecular weight is 888 g/mol. The van der Waals surface area contributed by atoms with Crippen LogP contribution in [0.2, 0.25) is 0 Å². The van der Waals surface area contributed by atoms with E-state index in [0.29, 0.717) is 25.0 Å². The number of fused-ring (bicyclic) bond motifs is 1. The minimum Gasteiger partial charge on any atom is -0.370 e. The quantitative estimate of drug-likeness (QED) is 0.0646. The molecule has 0 spiro atoms. The van der Waals surface area contributed by atoms with Crippen LogP contribution < -0.4 is 55.2 Å². The third kappa shape index (κ3) is 11.8. The predicted molar refractivity (Wildman–Crippen MR) is 235 cm³/mol. The van der Waals surface area contributed by atoms with Crippen LogP contribution >= 0.6 is 0 Å². The van der Waals surface area contributed by atoms with Gasteiger partial charge in [0, 0.05) is 54.3 Å². The van der Waals surface area contributed by atoms with Gasteiger partial charge in [-0.25, -0.2) is 0 Å². The Bertz CT molecular complexity index is 2200. The summed E-state index contributed by atoms with van der Waals surface area (Å²) in [6, 6.07) is -0.396. The number of hydrogen-bond acceptors (Lipinski definition) is 12. The van der Waals surface area contributed by atoms with Gasteiger partial charge in [0.2, 0.25) is 47.3 Å². The highest BCUT2D eigenvalue weighted by atomic mass is 16.2. The van der Waals surface area contributed by atoms with Gasteiger partial charge < -0.3 is 59.5 Å². The predicted octanol–water partition coefficient (Wildman–Crippen LogP) is -1.47. The van der Waals surface area contributed by atoms with Crippen molar-refractivity contribution in [3.05, 3.63) is 71.8 Å². The minimum absolute atomic E-state index is 0.0177. The van der Waals surface area contributed by atoms with Crippen molar-refractivity contribution in [3.63, 3.8) is 0 Å². The summed E-state index contributed by atoms with van der Waals surface area (Å²) in [5, 5.41) is 12.9. The fourth-order valence-corrected chi connectivity index (χ4v) is 7.86. The van der Waals surface area contributed by atoms with E-state index in [1.165, 1.54) is 4.90 Å². The molecule has 346 valence electrons. The molecule has 2 aromatic rings. The lowest BCUT2D eigenvalue weighted by Crippen LogP contribution is -2.61. The molecule has 1 unspecified atom stereocenters. The number of hydrazine groups is 2. The summed E-state index contributed by atoms with van der Waals surface area (Å²) >= 11 is 0. The number of aromatic nitrogens is 1. The van der Waals surface area contributed by atoms with Gasteiger partial charge in [0.15, 0.2) is 0 Å². The van der Waals surface area contributed by atoms with E-state index in [0.717, 1.165) is 22.2 Å². The number of primary amides is 3. The third-order valence-electron chi connectivity index (χ3n) is 12.1. The average Bonchev–Trinajstić information content (AvgIpc) is 4.10. The van der Waals surface area contributed by atoms with E-state index in [1.807, 2.05) is 55.6 Å². The standard InChI is InChI=1S/C43H61N13O8/c1-5-22(3)36(46)42(63)51-30(17-34(44)57)39(60)50-31(18-35(45)58)40(61)52-37(23(4)6-2)43(64)55-20-25(32-21-56(54-53-32)26-11-7-8-12-26)16-33(55)41(62)49-29(38(47)59)15-24-19-48-28-14-10-9-13-27(24)28/h7-11,13-14,19,21-23,25,29-31,33,36-37,48,53-54H,5-6,12,15-18,20,46H2,1-4H3,(H2,44,57)(H2,45,58)(H2,47,59)(H,49,62)(H,50,60)(H,51,63)(H,52,61)/t22-,23-,25?,29-,30-,31-,33-,36-,37-/m0/s1. The number of rotatable bonds is 22. The zero-order valence-electron chi connectivity index (χ0n) is 36.5. The zero-order chi connectivity index (χ0) is 46.8. The first kappa shape index (κ1) is 48.3. The van der Waals surface area contributed by atoms with Crippen LogP contribution in [-0.2, 0) is 44.8 Å². The molecule has 3 heterocycles. The number of carbonyl (C=O) groups excluding carboxylic acids is 8. The normalized spacial score (nSPS) is 20.1. The van der Waals surface area contributed by atoms with Crippen LogP contribution in [0.3, 0.4) is 0 Å². The number of nitrogens with one attached hydrogen (secondary N) is 7. The van der Waals surface area contributed by atoms with Gasteiger partial charge in [0.05, 0.1) is 24.6 Å². The maximum Gasteiger partial charge on any atom is 0.246 e. The van der Waals surface area contributed by atoms with Crippen LogP contribution in [-0.4, -0.2) is 105 Å². The maximum absolute atomic E-state index is 14.9. The molecule has 5 rings (SSSR count). The van der Waals surface area contributed by atoms with E-state index in [2.05, 4.69) is 37.2 Å². The van der Waals surface area contributed by atoms with Crippen molar-refractivity contribution in [2.75, 3.05) is 6.54 Å². The third-order valence-corrected chi connectivity index (χ3v) is 12.1. The van der Waals surface area contributed by atoms with Crippen molar-refractivity contribution in [3.8, 4) is 0 Å². The molecule has 1 aromatic carbocycles. The molecule has 64 heavy (non-hydrogen) atoms. The number of likely N-dealkylation sites (tertiary alicyclic amines) is 1. The molecule has 0 bridgehead atoms. The number of benzene rings is 1. The Balaban J connectivity index is 1.40. The topological polar surface area (TPSA) is 335 Å². The van der Waals surface area contributed by atoms with Crippen molar-refractivity contribution < 1.29 is 38.4 Å². The van der Waals surface area contributed by atoms with Crippen LogP contribution in [0.4, 0.5) is 0 Å². The van der Waals surface area contributed by atoms with Gasteiger partial charge in [0.25, 0.3) is 0 Å². The van der Waals surface area contributed by atoms with Crippen molar-refractivity contribution >= 4 is 58.2 Å². The summed E-state index contributed by atoms with van der Waals surface area (Å²) in [6.07, 6.45) is 9.85. The van der Waals surface area contributed by atoms with Crippen LogP contribution in [0.5, 0.6) is 0 Å². The van der Waals surface area contributed by atoms with Gasteiger partial charge >= 0.3 is 0 Å². The van der Waals surface area contributed by atoms with Crippen LogP contribution in [0.1, 0.15) is 71.8 Å². The van der Waals surface area contributed by atoms with E-state index in [-0.39, 0.29) is 25.3 Å². The summed E-state index contributed by atoms with van der Waals surface area (Å²) in [5.41, 5.74) is 32.2. The summed E-state index contributed by atoms with van der Waals surface area (Å²) in [5.74, 6) is -8.02. The molecule has 1 fully saturated rings. The van der Waals surface area contributed by atoms with Crippen LogP contribution in [0.25, 0.3) is 10.9 Å². The maximum atomic E-state index is 14.9. The molecule has 15 N–H and O–H groups in total. The second kappa shape index (κ2) is 21.6. The first-order valence-corrected chi connectivity index (χ1v) is 21.5. The van der Waals surface area contributed by atoms with Gasteiger partial charge in [-0.1, -0.05) is 70.9 Å². The molecule has 1 aliphatic carbocycles. The first-order chi connectivity index (χ1) is 30.4. The zero-order valence-corrected chi connectivity index (χ0v) is 36.5. The van der Waals surface area contributed by atoms with Crippen molar-refractivity contribution in [1.29, 1.82) is 0 Å². The highest BCUT2D eigenvalue weighted by Crippen LogP contribution is 2.32. The largest absolute Gasteiger partial charge is 0.370 e. The molecule has 0 radical (unpaired) electrons. The molecular weight excluding hydrogens is 827 g/mol. The Labute approximate surface area is 370 Å². The number of H-pyrrole nitrogens is 1. The number of para-hydroxylation sites is 1. The second-order valence-corrected chi connectivity index (χ2v) is 16.7. The number of hydrogen-bond donors (Lipinski definition) is 11. The molecule has 0 saturated carbocycles. The summed E-state index contributed by atoms with van der Waals surface area (Å²) in [4.78, 5) is 112. The molecule has 1 aromatic heterocycles. The minimum atomic E-state index is -1.67. The van der Waals surface area contributed by atoms with Gasteiger partial charge in [0.1, 0.15) is 30.2 Å². The van der Waals surface area contributed by atoms with E-state index in [9.17, 15) is 38.4 Å². The lowest BCUT2D eigenvalue weighted by Gasteiger charge is -2.33. The Kier molecular flexibility index (Phi) is 16.3. The number of nitrogens with two attached hydrogens (primary N) is 4. The smallest absolute Gasteiger partial charge is 0.246 e. The fourth-order valence-electron chi connectivity index (χ4n) is 7.86. The number of carbonyl (C=O) groups is 8. The molecule has 21 heteroatoms. The SMILES string of the molecule is CC[C@H](C)[C@H](N)C(=O)N[C@@H](CC(N)=O)C(=O)N[C@@H](CC(N)=O)C(=O)N[C@H](C(=O)N1CC(C2=CN(C3=CC=CC3)NN2)C[C@H]1C(=O)N[C@@H](Cc1c[nH]c2ccccc12)C(N)=O)[C@@H](C)CC. The summed E-state index contributed by atoms with van der Waals surface area (Å²) in [7, 11) is 0. The highest BCUT2D eigenvalue weighted by Gasteiger charge is 2.46. The summed E-state index contributed by atoms with van der Waals surface area (Å²) in [6.45, 7) is 7.08. The van der Waals surface area contributed by atoms with Crippen molar-refractivity contribution in [2.24, 2.45) is 40.7 Å². The Morgan fingerprint density at radius 1 is 0.828 bits per heavy atom. The fraction of sp³-hybridized carbons (Fsp3) is 0.488.